The van der Waals surface area contributed by atoms with Crippen LogP contribution in [0.3, 0.4) is 0 Å². The summed E-state index contributed by atoms with van der Waals surface area (Å²) in [5, 5.41) is 2.98. The first-order valence-corrected chi connectivity index (χ1v) is 12.9. The third-order valence-corrected chi connectivity index (χ3v) is 7.59. The van der Waals surface area contributed by atoms with Gasteiger partial charge in [0.15, 0.2) is 5.82 Å². The number of nitrogens with zero attached hydrogens (tertiary/aromatic N) is 5. The van der Waals surface area contributed by atoms with Crippen molar-refractivity contribution in [1.29, 1.82) is 0 Å². The molecule has 0 spiro atoms. The monoisotopic (exact) mass is 524 g/mol. The molecule has 37 heavy (non-hydrogen) atoms. The van der Waals surface area contributed by atoms with Crippen molar-refractivity contribution in [3.8, 4) is 11.3 Å². The molecule has 1 aliphatic heterocycles. The van der Waals surface area contributed by atoms with Crippen LogP contribution in [0.1, 0.15) is 44.2 Å². The molecule has 8 nitrogen and oxygen atoms in total. The highest BCUT2D eigenvalue weighted by Gasteiger charge is 2.20. The molecule has 0 radical (unpaired) electrons. The molecule has 0 amide bonds. The summed E-state index contributed by atoms with van der Waals surface area (Å²) in [6, 6.07) is 6.03. The second-order valence-electron chi connectivity index (χ2n) is 9.53. The summed E-state index contributed by atoms with van der Waals surface area (Å²) in [4.78, 5) is 39.6. The molecule has 0 aliphatic carbocycles. The SMILES string of the molecule is CC(C)n1c(=O)c(=O)sc2c(F)cc(-c3nc(Nc4ccc(C5CCN(C)CC5)cn4)ncc3F)cc21. The molecule has 1 saturated heterocycles. The molecular weight excluding hydrogens is 498 g/mol. The van der Waals surface area contributed by atoms with Gasteiger partial charge in [0.1, 0.15) is 17.3 Å². The Morgan fingerprint density at radius 2 is 1.81 bits per heavy atom. The maximum atomic E-state index is 15.0. The number of piperidine rings is 1. The number of anilines is 2. The van der Waals surface area contributed by atoms with Crippen molar-refractivity contribution < 1.29 is 8.78 Å². The van der Waals surface area contributed by atoms with Gasteiger partial charge in [-0.05, 0) is 76.5 Å². The van der Waals surface area contributed by atoms with E-state index in [2.05, 4.69) is 32.2 Å². The number of aromatic nitrogens is 4. The zero-order chi connectivity index (χ0) is 26.3. The van der Waals surface area contributed by atoms with E-state index < -0.39 is 28.0 Å². The van der Waals surface area contributed by atoms with E-state index >= 15 is 4.39 Å². The topological polar surface area (TPSA) is 93.0 Å². The van der Waals surface area contributed by atoms with Crippen molar-refractivity contribution in [2.24, 2.45) is 0 Å². The molecule has 0 unspecified atom stereocenters. The van der Waals surface area contributed by atoms with Gasteiger partial charge in [-0.1, -0.05) is 17.4 Å². The minimum absolute atomic E-state index is 0.0313. The maximum absolute atomic E-state index is 15.0. The van der Waals surface area contributed by atoms with Gasteiger partial charge in [-0.15, -0.1) is 0 Å². The van der Waals surface area contributed by atoms with Gasteiger partial charge in [0.25, 0.3) is 4.74 Å². The van der Waals surface area contributed by atoms with Crippen LogP contribution in [0.25, 0.3) is 21.5 Å². The van der Waals surface area contributed by atoms with Crippen molar-refractivity contribution in [2.75, 3.05) is 25.5 Å². The molecule has 1 N–H and O–H groups in total. The predicted molar refractivity (Wildman–Crippen MR) is 141 cm³/mol. The number of likely N-dealkylation sites (tertiary alicyclic amines) is 1. The number of hydrogen-bond donors (Lipinski definition) is 1. The number of benzene rings is 1. The Labute approximate surface area is 215 Å². The summed E-state index contributed by atoms with van der Waals surface area (Å²) >= 11 is 0.538. The van der Waals surface area contributed by atoms with E-state index in [9.17, 15) is 14.0 Å². The molecule has 3 aromatic heterocycles. The zero-order valence-electron chi connectivity index (χ0n) is 20.7. The van der Waals surface area contributed by atoms with Gasteiger partial charge in [-0.25, -0.2) is 23.7 Å². The third-order valence-electron chi connectivity index (χ3n) is 6.62. The highest BCUT2D eigenvalue weighted by Crippen LogP contribution is 2.30. The summed E-state index contributed by atoms with van der Waals surface area (Å²) in [7, 11) is 2.12. The lowest BCUT2D eigenvalue weighted by Crippen LogP contribution is -2.33. The molecule has 0 saturated carbocycles. The number of halogens is 2. The van der Waals surface area contributed by atoms with Crippen LogP contribution in [0, 0.1) is 11.6 Å². The lowest BCUT2D eigenvalue weighted by molar-refractivity contribution is 0.255. The number of hydrogen-bond acceptors (Lipinski definition) is 8. The van der Waals surface area contributed by atoms with E-state index in [0.717, 1.165) is 38.2 Å². The van der Waals surface area contributed by atoms with Gasteiger partial charge in [0.2, 0.25) is 5.95 Å². The standard InChI is InChI=1S/C26H26F2N6O2S/c1-14(2)34-20-11-17(10-18(27)23(20)37-25(36)24(34)35)22-19(28)13-30-26(32-22)31-21-5-4-16(12-29-21)15-6-8-33(3)9-7-15/h4-5,10-15H,6-9H2,1-3H3,(H,29,30,31,32). The maximum Gasteiger partial charge on any atom is 0.309 e. The first-order chi connectivity index (χ1) is 17.7. The number of nitrogens with one attached hydrogen (secondary N) is 1. The van der Waals surface area contributed by atoms with Crippen LogP contribution in [0.4, 0.5) is 20.5 Å². The lowest BCUT2D eigenvalue weighted by atomic mass is 9.91. The van der Waals surface area contributed by atoms with E-state index in [4.69, 9.17) is 0 Å². The highest BCUT2D eigenvalue weighted by atomic mass is 32.1. The average molecular weight is 525 g/mol. The van der Waals surface area contributed by atoms with Crippen molar-refractivity contribution in [2.45, 2.75) is 38.6 Å². The summed E-state index contributed by atoms with van der Waals surface area (Å²) in [5.74, 6) is -0.427. The van der Waals surface area contributed by atoms with Gasteiger partial charge in [0.05, 0.1) is 16.4 Å². The molecule has 4 heterocycles. The Morgan fingerprint density at radius 1 is 1.05 bits per heavy atom. The van der Waals surface area contributed by atoms with Crippen LogP contribution in [0.15, 0.2) is 46.2 Å². The lowest BCUT2D eigenvalue weighted by Gasteiger charge is -2.29. The highest BCUT2D eigenvalue weighted by molar-refractivity contribution is 7.16. The second kappa shape index (κ2) is 10.1. The van der Waals surface area contributed by atoms with E-state index in [1.54, 1.807) is 13.8 Å². The molecule has 4 aromatic rings. The quantitative estimate of drug-likeness (QED) is 0.379. The molecule has 192 valence electrons. The van der Waals surface area contributed by atoms with Crippen LogP contribution in [-0.4, -0.2) is 44.6 Å². The summed E-state index contributed by atoms with van der Waals surface area (Å²) in [6.07, 6.45) is 5.00. The summed E-state index contributed by atoms with van der Waals surface area (Å²) < 4.78 is 30.3. The molecule has 0 bridgehead atoms. The van der Waals surface area contributed by atoms with Crippen LogP contribution in [0.2, 0.25) is 0 Å². The Bertz CT molecular complexity index is 1580. The van der Waals surface area contributed by atoms with Gasteiger partial charge >= 0.3 is 5.56 Å². The summed E-state index contributed by atoms with van der Waals surface area (Å²) in [6.45, 7) is 5.54. The average Bonchev–Trinajstić information content (AvgIpc) is 2.87. The number of pyridine rings is 1. The zero-order valence-corrected chi connectivity index (χ0v) is 21.5. The Balaban J connectivity index is 1.47. The van der Waals surface area contributed by atoms with E-state index in [-0.39, 0.29) is 27.4 Å². The fraction of sp³-hybridized carbons (Fsp3) is 0.346. The smallest absolute Gasteiger partial charge is 0.309 e. The van der Waals surface area contributed by atoms with Crippen LogP contribution < -0.4 is 15.6 Å². The van der Waals surface area contributed by atoms with Crippen molar-refractivity contribution in [3.63, 3.8) is 0 Å². The number of fused-ring (bicyclic) bond motifs is 1. The normalized spacial score (nSPS) is 15.0. The van der Waals surface area contributed by atoms with Gasteiger partial charge in [0, 0.05) is 17.8 Å². The molecule has 1 aliphatic rings. The Morgan fingerprint density at radius 3 is 2.49 bits per heavy atom. The minimum Gasteiger partial charge on any atom is -0.309 e. The fourth-order valence-electron chi connectivity index (χ4n) is 4.66. The first-order valence-electron chi connectivity index (χ1n) is 12.0. The van der Waals surface area contributed by atoms with Crippen molar-refractivity contribution in [3.05, 3.63) is 73.7 Å². The van der Waals surface area contributed by atoms with E-state index in [0.29, 0.717) is 23.1 Å². The molecule has 0 atom stereocenters. The molecule has 1 aromatic carbocycles. The van der Waals surface area contributed by atoms with Crippen LogP contribution >= 0.6 is 11.3 Å². The van der Waals surface area contributed by atoms with E-state index in [1.165, 1.54) is 16.2 Å². The fourth-order valence-corrected chi connectivity index (χ4v) is 5.45. The van der Waals surface area contributed by atoms with Gasteiger partial charge in [-0.3, -0.25) is 9.59 Å². The van der Waals surface area contributed by atoms with Crippen molar-refractivity contribution in [1.82, 2.24) is 24.4 Å². The van der Waals surface area contributed by atoms with Crippen LogP contribution in [-0.2, 0) is 0 Å². The van der Waals surface area contributed by atoms with Gasteiger partial charge in [-0.2, -0.15) is 0 Å². The Hall–Kier alpha value is -3.57. The predicted octanol–water partition coefficient (Wildman–Crippen LogP) is 4.69. The molecule has 5 rings (SSSR count). The molecular formula is C26H26F2N6O2S. The van der Waals surface area contributed by atoms with E-state index in [1.807, 2.05) is 18.3 Å². The Kier molecular flexibility index (Phi) is 6.82. The van der Waals surface area contributed by atoms with Crippen LogP contribution in [0.5, 0.6) is 0 Å². The largest absolute Gasteiger partial charge is 0.309 e. The molecule has 1 fully saturated rings. The summed E-state index contributed by atoms with van der Waals surface area (Å²) in [5.41, 5.74) is 0.616. The third kappa shape index (κ3) is 5.01. The minimum atomic E-state index is -0.762. The van der Waals surface area contributed by atoms with Gasteiger partial charge < -0.3 is 14.8 Å². The second-order valence-corrected chi connectivity index (χ2v) is 10.5. The molecule has 11 heteroatoms. The number of rotatable bonds is 5. The van der Waals surface area contributed by atoms with Crippen molar-refractivity contribution >= 4 is 33.3 Å². The first kappa shape index (κ1) is 25.1.